The number of nitrogens with one attached hydrogen (secondary N) is 1. The van der Waals surface area contributed by atoms with E-state index in [-0.39, 0.29) is 42.4 Å². The third-order valence-electron chi connectivity index (χ3n) is 6.57. The lowest BCUT2D eigenvalue weighted by Gasteiger charge is -2.22. The van der Waals surface area contributed by atoms with Gasteiger partial charge in [0.25, 0.3) is 0 Å². The molecule has 4 heterocycles. The molecule has 0 radical (unpaired) electrons. The van der Waals surface area contributed by atoms with E-state index < -0.39 is 24.5 Å². The van der Waals surface area contributed by atoms with Gasteiger partial charge < -0.3 is 15.2 Å². The van der Waals surface area contributed by atoms with E-state index in [1.807, 2.05) is 0 Å². The highest BCUT2D eigenvalue weighted by atomic mass is 35.5. The Kier molecular flexibility index (Phi) is 8.70. The number of aliphatic hydroxyl groups excluding tert-OH is 1. The number of aliphatic hydroxyl groups is 1. The van der Waals surface area contributed by atoms with Crippen molar-refractivity contribution in [2.24, 2.45) is 0 Å². The van der Waals surface area contributed by atoms with Gasteiger partial charge in [-0.2, -0.15) is 13.2 Å². The van der Waals surface area contributed by atoms with Gasteiger partial charge in [-0.25, -0.2) is 24.1 Å². The van der Waals surface area contributed by atoms with Gasteiger partial charge in [-0.1, -0.05) is 11.6 Å². The van der Waals surface area contributed by atoms with Crippen molar-refractivity contribution in [1.82, 2.24) is 34.1 Å². The number of benzene rings is 1. The summed E-state index contributed by atoms with van der Waals surface area (Å²) in [5, 5.41) is 21.4. The average Bonchev–Trinajstić information content (AvgIpc) is 3.54. The second-order valence-electron chi connectivity index (χ2n) is 9.66. The molecule has 1 aromatic carbocycles. The molecule has 42 heavy (non-hydrogen) atoms. The van der Waals surface area contributed by atoms with Crippen LogP contribution in [0.25, 0.3) is 17.1 Å². The first-order chi connectivity index (χ1) is 20.1. The summed E-state index contributed by atoms with van der Waals surface area (Å²) < 4.78 is 48.0. The lowest BCUT2D eigenvalue weighted by Crippen LogP contribution is -2.37. The zero-order chi connectivity index (χ0) is 29.9. The van der Waals surface area contributed by atoms with E-state index in [0.717, 1.165) is 28.5 Å². The third kappa shape index (κ3) is 6.86. The summed E-state index contributed by atoms with van der Waals surface area (Å²) in [6.07, 6.45) is -2.07. The number of carbonyl (C=O) groups excluding carboxylic acids is 1. The molecule has 2 N–H and O–H groups in total. The van der Waals surface area contributed by atoms with E-state index in [1.54, 1.807) is 12.1 Å². The standard InChI is InChI=1S/C26H26ClF3N8O4/c27-17-8-6-16(7-9-17)24-35-37(25(41)36(24)13-20(39)26(28,29)30)14-21-32-15-38(34-21)19-5-3-10-31-23(19)33-22(40)12-18-4-1-2-11-42-18/h3,5-10,15,18,20,39H,1-2,4,11-14H2,(H,31,33,40)/t18?,20-/m0/s1. The van der Waals surface area contributed by atoms with Crippen molar-refractivity contribution < 1.29 is 27.8 Å². The molecule has 1 saturated heterocycles. The number of hydrogen-bond acceptors (Lipinski definition) is 8. The Balaban J connectivity index is 1.38. The van der Waals surface area contributed by atoms with Gasteiger partial charge in [0.2, 0.25) is 5.91 Å². The maximum absolute atomic E-state index is 13.1. The summed E-state index contributed by atoms with van der Waals surface area (Å²) in [7, 11) is 0. The molecule has 1 amide bonds. The van der Waals surface area contributed by atoms with Gasteiger partial charge in [0.1, 0.15) is 18.6 Å². The van der Waals surface area contributed by atoms with Crippen LogP contribution in [0.3, 0.4) is 0 Å². The van der Waals surface area contributed by atoms with Crippen molar-refractivity contribution in [3.63, 3.8) is 0 Å². The minimum absolute atomic E-state index is 0.0985. The number of halogens is 4. The highest BCUT2D eigenvalue weighted by Gasteiger charge is 2.39. The van der Waals surface area contributed by atoms with Gasteiger partial charge in [-0.05, 0) is 55.7 Å². The molecule has 0 aliphatic carbocycles. The van der Waals surface area contributed by atoms with Crippen LogP contribution in [0.1, 0.15) is 31.5 Å². The molecular formula is C26H26ClF3N8O4. The Labute approximate surface area is 241 Å². The van der Waals surface area contributed by atoms with Crippen molar-refractivity contribution in [2.75, 3.05) is 11.9 Å². The number of nitrogens with zero attached hydrogens (tertiary/aromatic N) is 7. The van der Waals surface area contributed by atoms with Crippen LogP contribution in [0.2, 0.25) is 5.02 Å². The van der Waals surface area contributed by atoms with Gasteiger partial charge in [0.15, 0.2) is 23.6 Å². The van der Waals surface area contributed by atoms with Gasteiger partial charge in [-0.3, -0.25) is 9.36 Å². The SMILES string of the molecule is O=C(CC1CCCCO1)Nc1ncccc1-n1cnc(Cn2nc(-c3ccc(Cl)cc3)n(C[C@H](O)C(F)(F)F)c2=O)n1. The number of pyridine rings is 1. The first kappa shape index (κ1) is 29.4. The topological polar surface area (TPSA) is 142 Å². The Morgan fingerprint density at radius 1 is 1.17 bits per heavy atom. The van der Waals surface area contributed by atoms with Crippen molar-refractivity contribution in [2.45, 2.75) is 57.2 Å². The summed E-state index contributed by atoms with van der Waals surface area (Å²) in [5.74, 6) is -0.0199. The molecule has 1 fully saturated rings. The molecule has 5 rings (SSSR count). The third-order valence-corrected chi connectivity index (χ3v) is 6.82. The smallest absolute Gasteiger partial charge is 0.382 e. The van der Waals surface area contributed by atoms with Gasteiger partial charge in [-0.15, -0.1) is 10.2 Å². The van der Waals surface area contributed by atoms with E-state index in [1.165, 1.54) is 41.5 Å². The molecule has 1 aliphatic heterocycles. The Hall–Kier alpha value is -4.08. The molecule has 1 aliphatic rings. The monoisotopic (exact) mass is 606 g/mol. The molecular weight excluding hydrogens is 581 g/mol. The fraction of sp³-hybridized carbons (Fsp3) is 0.385. The van der Waals surface area contributed by atoms with Crippen molar-refractivity contribution >= 4 is 23.3 Å². The van der Waals surface area contributed by atoms with Crippen molar-refractivity contribution in [3.05, 3.63) is 70.3 Å². The number of amides is 1. The molecule has 2 atom stereocenters. The lowest BCUT2D eigenvalue weighted by molar-refractivity contribution is -0.207. The number of anilines is 1. The number of carbonyl (C=O) groups is 1. The van der Waals surface area contributed by atoms with E-state index >= 15 is 0 Å². The van der Waals surface area contributed by atoms with Crippen LogP contribution in [0, 0.1) is 0 Å². The number of hydrogen-bond donors (Lipinski definition) is 2. The van der Waals surface area contributed by atoms with Gasteiger partial charge in [0, 0.05) is 23.4 Å². The van der Waals surface area contributed by atoms with Crippen molar-refractivity contribution in [1.29, 1.82) is 0 Å². The fourth-order valence-electron chi connectivity index (χ4n) is 4.45. The molecule has 1 unspecified atom stereocenters. The van der Waals surface area contributed by atoms with E-state index in [2.05, 4.69) is 25.5 Å². The maximum Gasteiger partial charge on any atom is 0.416 e. The van der Waals surface area contributed by atoms with Crippen LogP contribution < -0.4 is 11.0 Å². The number of alkyl halides is 3. The Bertz CT molecular complexity index is 1600. The summed E-state index contributed by atoms with van der Waals surface area (Å²) in [6, 6.07) is 9.30. The van der Waals surface area contributed by atoms with Crippen LogP contribution in [0.15, 0.2) is 53.7 Å². The minimum atomic E-state index is -4.95. The first-order valence-electron chi connectivity index (χ1n) is 13.0. The molecule has 0 bridgehead atoms. The average molecular weight is 607 g/mol. The summed E-state index contributed by atoms with van der Waals surface area (Å²) in [4.78, 5) is 34.2. The zero-order valence-corrected chi connectivity index (χ0v) is 22.8. The second-order valence-corrected chi connectivity index (χ2v) is 10.1. The van der Waals surface area contributed by atoms with Crippen LogP contribution in [0.5, 0.6) is 0 Å². The fourth-order valence-corrected chi connectivity index (χ4v) is 4.58. The molecule has 16 heteroatoms. The first-order valence-corrected chi connectivity index (χ1v) is 13.4. The maximum atomic E-state index is 13.1. The van der Waals surface area contributed by atoms with Gasteiger partial charge >= 0.3 is 11.9 Å². The minimum Gasteiger partial charge on any atom is -0.382 e. The zero-order valence-electron chi connectivity index (χ0n) is 22.0. The normalized spacial score (nSPS) is 16.4. The number of aromatic nitrogens is 7. The number of ether oxygens (including phenoxy) is 1. The van der Waals surface area contributed by atoms with Crippen LogP contribution in [0.4, 0.5) is 19.0 Å². The summed E-state index contributed by atoms with van der Waals surface area (Å²) >= 11 is 5.93. The predicted molar refractivity (Wildman–Crippen MR) is 144 cm³/mol. The highest BCUT2D eigenvalue weighted by molar-refractivity contribution is 6.30. The Morgan fingerprint density at radius 2 is 1.95 bits per heavy atom. The second kappa shape index (κ2) is 12.4. The molecule has 3 aromatic heterocycles. The van der Waals surface area contributed by atoms with Gasteiger partial charge in [0.05, 0.1) is 19.1 Å². The van der Waals surface area contributed by atoms with Crippen LogP contribution >= 0.6 is 11.6 Å². The van der Waals surface area contributed by atoms with E-state index in [4.69, 9.17) is 16.3 Å². The summed E-state index contributed by atoms with van der Waals surface area (Å²) in [6.45, 7) is -0.727. The lowest BCUT2D eigenvalue weighted by atomic mass is 10.1. The molecule has 222 valence electrons. The predicted octanol–water partition coefficient (Wildman–Crippen LogP) is 3.21. The molecule has 12 nitrogen and oxygen atoms in total. The Morgan fingerprint density at radius 3 is 2.67 bits per heavy atom. The molecule has 0 spiro atoms. The largest absolute Gasteiger partial charge is 0.416 e. The summed E-state index contributed by atoms with van der Waals surface area (Å²) in [5.41, 5.74) is -0.182. The number of rotatable bonds is 9. The molecule has 4 aromatic rings. The van der Waals surface area contributed by atoms with Crippen LogP contribution in [-0.4, -0.2) is 70.1 Å². The van der Waals surface area contributed by atoms with E-state index in [9.17, 15) is 27.9 Å². The quantitative estimate of drug-likeness (QED) is 0.296. The van der Waals surface area contributed by atoms with Crippen LogP contribution in [-0.2, 0) is 22.6 Å². The van der Waals surface area contributed by atoms with E-state index in [0.29, 0.717) is 22.9 Å². The highest BCUT2D eigenvalue weighted by Crippen LogP contribution is 2.24. The molecule has 0 saturated carbocycles. The van der Waals surface area contributed by atoms with Crippen molar-refractivity contribution in [3.8, 4) is 17.1 Å².